The van der Waals surface area contributed by atoms with Crippen LogP contribution in [0.1, 0.15) is 26.3 Å². The fourth-order valence-corrected chi connectivity index (χ4v) is 1.79. The van der Waals surface area contributed by atoms with Gasteiger partial charge in [-0.2, -0.15) is 5.26 Å². The van der Waals surface area contributed by atoms with E-state index in [9.17, 15) is 9.90 Å². The molecule has 5 nitrogen and oxygen atoms in total. The summed E-state index contributed by atoms with van der Waals surface area (Å²) in [4.78, 5) is 13.6. The summed E-state index contributed by atoms with van der Waals surface area (Å²) in [5, 5.41) is 21.2. The first-order chi connectivity index (χ1) is 9.35. The molecule has 0 spiro atoms. The minimum Gasteiger partial charge on any atom is -0.389 e. The molecule has 0 atom stereocenters. The number of anilines is 1. The molecule has 0 heterocycles. The van der Waals surface area contributed by atoms with Crippen molar-refractivity contribution < 1.29 is 9.90 Å². The molecule has 1 aromatic rings. The zero-order valence-electron chi connectivity index (χ0n) is 12.2. The van der Waals surface area contributed by atoms with Gasteiger partial charge in [0, 0.05) is 12.2 Å². The Labute approximate surface area is 119 Å². The zero-order chi connectivity index (χ0) is 15.2. The molecule has 0 fully saturated rings. The number of hydrogen-bond donors (Lipinski definition) is 2. The van der Waals surface area contributed by atoms with Crippen LogP contribution < -0.4 is 5.32 Å². The van der Waals surface area contributed by atoms with E-state index in [4.69, 9.17) is 5.26 Å². The molecule has 0 unspecified atom stereocenters. The molecule has 2 amide bonds. The summed E-state index contributed by atoms with van der Waals surface area (Å²) in [5.74, 6) is 0. The van der Waals surface area contributed by atoms with Gasteiger partial charge < -0.3 is 15.3 Å². The number of rotatable bonds is 5. The summed E-state index contributed by atoms with van der Waals surface area (Å²) in [6, 6.07) is 8.98. The zero-order valence-corrected chi connectivity index (χ0v) is 12.2. The molecule has 0 aliphatic carbocycles. The molecular formula is C15H21N3O2. The topological polar surface area (TPSA) is 76.4 Å². The van der Waals surface area contributed by atoms with Crippen LogP contribution in [0.2, 0.25) is 0 Å². The van der Waals surface area contributed by atoms with Gasteiger partial charge in [-0.25, -0.2) is 4.79 Å². The van der Waals surface area contributed by atoms with Gasteiger partial charge in [-0.05, 0) is 38.5 Å². The van der Waals surface area contributed by atoms with Crippen LogP contribution in [-0.2, 0) is 6.42 Å². The first kappa shape index (κ1) is 16.0. The van der Waals surface area contributed by atoms with Crippen LogP contribution in [0, 0.1) is 11.3 Å². The van der Waals surface area contributed by atoms with Crippen molar-refractivity contribution in [1.82, 2.24) is 4.90 Å². The molecule has 5 heteroatoms. The molecule has 0 bridgehead atoms. The molecule has 0 radical (unpaired) electrons. The average molecular weight is 275 g/mol. The Morgan fingerprint density at radius 1 is 1.40 bits per heavy atom. The molecular weight excluding hydrogens is 254 g/mol. The van der Waals surface area contributed by atoms with Gasteiger partial charge in [0.2, 0.25) is 0 Å². The predicted octanol–water partition coefficient (Wildman–Crippen LogP) is 2.38. The van der Waals surface area contributed by atoms with Gasteiger partial charge in [-0.1, -0.05) is 12.1 Å². The molecule has 1 rings (SSSR count). The Bertz CT molecular complexity index is 483. The van der Waals surface area contributed by atoms with Crippen molar-refractivity contribution in [3.8, 4) is 6.07 Å². The summed E-state index contributed by atoms with van der Waals surface area (Å²) >= 11 is 0. The lowest BCUT2D eigenvalue weighted by Gasteiger charge is -2.28. The van der Waals surface area contributed by atoms with E-state index >= 15 is 0 Å². The Morgan fingerprint density at radius 2 is 2.00 bits per heavy atom. The second-order valence-corrected chi connectivity index (χ2v) is 5.29. The number of nitrogens with one attached hydrogen (secondary N) is 1. The maximum Gasteiger partial charge on any atom is 0.321 e. The second-order valence-electron chi connectivity index (χ2n) is 5.29. The number of carbonyl (C=O) groups is 1. The van der Waals surface area contributed by atoms with Crippen molar-refractivity contribution >= 4 is 11.7 Å². The first-order valence-electron chi connectivity index (χ1n) is 6.60. The second kappa shape index (κ2) is 6.92. The van der Waals surface area contributed by atoms with E-state index in [1.807, 2.05) is 19.1 Å². The van der Waals surface area contributed by atoms with Crippen LogP contribution in [0.5, 0.6) is 0 Å². The number of urea groups is 1. The Balaban J connectivity index is 2.66. The third kappa shape index (κ3) is 5.29. The molecule has 2 N–H and O–H groups in total. The Kier molecular flexibility index (Phi) is 5.53. The van der Waals surface area contributed by atoms with Crippen LogP contribution in [0.15, 0.2) is 24.3 Å². The molecule has 1 aromatic carbocycles. The number of amides is 2. The summed E-state index contributed by atoms with van der Waals surface area (Å²) in [6.07, 6.45) is 0.355. The third-order valence-corrected chi connectivity index (χ3v) is 2.74. The largest absolute Gasteiger partial charge is 0.389 e. The third-order valence-electron chi connectivity index (χ3n) is 2.74. The van der Waals surface area contributed by atoms with Crippen LogP contribution >= 0.6 is 0 Å². The summed E-state index contributed by atoms with van der Waals surface area (Å²) in [7, 11) is 0. The van der Waals surface area contributed by atoms with Gasteiger partial charge in [0.25, 0.3) is 0 Å². The van der Waals surface area contributed by atoms with Gasteiger partial charge in [-0.15, -0.1) is 0 Å². The highest BCUT2D eigenvalue weighted by atomic mass is 16.3. The molecule has 20 heavy (non-hydrogen) atoms. The predicted molar refractivity (Wildman–Crippen MR) is 78.3 cm³/mol. The maximum atomic E-state index is 12.1. The molecule has 0 saturated carbocycles. The van der Waals surface area contributed by atoms with Gasteiger partial charge >= 0.3 is 6.03 Å². The van der Waals surface area contributed by atoms with Crippen LogP contribution in [0.4, 0.5) is 10.5 Å². The minimum atomic E-state index is -0.927. The highest BCUT2D eigenvalue weighted by Crippen LogP contribution is 2.12. The van der Waals surface area contributed by atoms with Gasteiger partial charge in [-0.3, -0.25) is 0 Å². The lowest BCUT2D eigenvalue weighted by atomic mass is 10.1. The van der Waals surface area contributed by atoms with Crippen LogP contribution in [0.3, 0.4) is 0 Å². The van der Waals surface area contributed by atoms with E-state index in [0.29, 0.717) is 18.7 Å². The standard InChI is InChI=1S/C15H21N3O2/c1-4-18(11-15(2,3)20)14(19)17-13-7-5-12(6-8-13)9-10-16/h5-8,20H,4,9,11H2,1-3H3,(H,17,19). The average Bonchev–Trinajstić information content (AvgIpc) is 2.37. The number of nitriles is 1. The summed E-state index contributed by atoms with van der Waals surface area (Å²) < 4.78 is 0. The van der Waals surface area contributed by atoms with Crippen LogP contribution in [0.25, 0.3) is 0 Å². The highest BCUT2D eigenvalue weighted by Gasteiger charge is 2.21. The quantitative estimate of drug-likeness (QED) is 0.866. The molecule has 0 aromatic heterocycles. The van der Waals surface area contributed by atoms with Gasteiger partial charge in [0.15, 0.2) is 0 Å². The fraction of sp³-hybridized carbons (Fsp3) is 0.467. The van der Waals surface area contributed by atoms with E-state index in [0.717, 1.165) is 5.56 Å². The smallest absolute Gasteiger partial charge is 0.321 e. The van der Waals surface area contributed by atoms with Crippen molar-refractivity contribution in [2.45, 2.75) is 32.8 Å². The first-order valence-corrected chi connectivity index (χ1v) is 6.60. The lowest BCUT2D eigenvalue weighted by Crippen LogP contribution is -2.44. The number of carbonyl (C=O) groups excluding carboxylic acids is 1. The van der Waals surface area contributed by atoms with E-state index in [1.54, 1.807) is 30.9 Å². The number of hydrogen-bond acceptors (Lipinski definition) is 3. The van der Waals surface area contributed by atoms with E-state index in [-0.39, 0.29) is 12.6 Å². The van der Waals surface area contributed by atoms with E-state index < -0.39 is 5.60 Å². The monoisotopic (exact) mass is 275 g/mol. The summed E-state index contributed by atoms with van der Waals surface area (Å²) in [5.41, 5.74) is 0.657. The summed E-state index contributed by atoms with van der Waals surface area (Å²) in [6.45, 7) is 5.98. The van der Waals surface area contributed by atoms with Gasteiger partial charge in [0.05, 0.1) is 24.6 Å². The Hall–Kier alpha value is -2.06. The molecule has 0 aliphatic heterocycles. The van der Waals surface area contributed by atoms with Crippen molar-refractivity contribution in [3.63, 3.8) is 0 Å². The molecule has 0 saturated heterocycles. The van der Waals surface area contributed by atoms with Crippen molar-refractivity contribution in [2.75, 3.05) is 18.4 Å². The van der Waals surface area contributed by atoms with E-state index in [2.05, 4.69) is 11.4 Å². The lowest BCUT2D eigenvalue weighted by molar-refractivity contribution is 0.0501. The van der Waals surface area contributed by atoms with Crippen molar-refractivity contribution in [1.29, 1.82) is 5.26 Å². The molecule has 108 valence electrons. The normalized spacial score (nSPS) is 10.8. The highest BCUT2D eigenvalue weighted by molar-refractivity contribution is 5.89. The minimum absolute atomic E-state index is 0.248. The van der Waals surface area contributed by atoms with Crippen LogP contribution in [-0.4, -0.2) is 34.7 Å². The molecule has 0 aliphatic rings. The number of nitrogens with zero attached hydrogens (tertiary/aromatic N) is 2. The van der Waals surface area contributed by atoms with E-state index in [1.165, 1.54) is 0 Å². The Morgan fingerprint density at radius 3 is 2.45 bits per heavy atom. The van der Waals surface area contributed by atoms with Crippen molar-refractivity contribution in [3.05, 3.63) is 29.8 Å². The van der Waals surface area contributed by atoms with Crippen molar-refractivity contribution in [2.24, 2.45) is 0 Å². The van der Waals surface area contributed by atoms with Gasteiger partial charge in [0.1, 0.15) is 0 Å². The fourth-order valence-electron chi connectivity index (χ4n) is 1.79. The SMILES string of the molecule is CCN(CC(C)(C)O)C(=O)Nc1ccc(CC#N)cc1. The number of benzene rings is 1. The maximum absolute atomic E-state index is 12.1. The number of likely N-dealkylation sites (N-methyl/N-ethyl adjacent to an activating group) is 1. The number of aliphatic hydroxyl groups is 1.